The van der Waals surface area contributed by atoms with Gasteiger partial charge >= 0.3 is 0 Å². The summed E-state index contributed by atoms with van der Waals surface area (Å²) >= 11 is 0. The Morgan fingerprint density at radius 3 is 2.25 bits per heavy atom. The molecule has 1 aromatic heterocycles. The van der Waals surface area contributed by atoms with E-state index in [2.05, 4.69) is 37.1 Å². The molecule has 0 aliphatic heterocycles. The fourth-order valence-corrected chi connectivity index (χ4v) is 2.54. The lowest BCUT2D eigenvalue weighted by Crippen LogP contribution is -2.13. The second-order valence-corrected chi connectivity index (χ2v) is 5.68. The van der Waals surface area contributed by atoms with Crippen molar-refractivity contribution in [3.63, 3.8) is 0 Å². The fourth-order valence-electron chi connectivity index (χ4n) is 2.54. The van der Waals surface area contributed by atoms with Gasteiger partial charge in [-0.25, -0.2) is 0 Å². The first-order chi connectivity index (χ1) is 9.40. The molecule has 0 bridgehead atoms. The molecule has 0 aliphatic carbocycles. The van der Waals surface area contributed by atoms with Crippen LogP contribution >= 0.6 is 0 Å². The Bertz CT molecular complexity index is 655. The Morgan fingerprint density at radius 1 is 1.20 bits per heavy atom. The number of aromatic nitrogens is 2. The van der Waals surface area contributed by atoms with Gasteiger partial charge in [-0.15, -0.1) is 0 Å². The second-order valence-electron chi connectivity index (χ2n) is 5.68. The molecule has 0 amide bonds. The van der Waals surface area contributed by atoms with E-state index in [9.17, 15) is 5.26 Å². The minimum Gasteiger partial charge on any atom is -0.269 e. The maximum absolute atomic E-state index is 9.19. The lowest BCUT2D eigenvalue weighted by Gasteiger charge is -2.16. The van der Waals surface area contributed by atoms with Crippen LogP contribution in [0, 0.1) is 25.2 Å². The molecule has 0 N–H and O–H groups in total. The van der Waals surface area contributed by atoms with Crippen molar-refractivity contribution in [2.24, 2.45) is 0 Å². The first kappa shape index (κ1) is 14.3. The van der Waals surface area contributed by atoms with E-state index in [1.54, 1.807) is 0 Å². The van der Waals surface area contributed by atoms with Crippen molar-refractivity contribution < 1.29 is 0 Å². The average Bonchev–Trinajstić information content (AvgIpc) is 2.73. The van der Waals surface area contributed by atoms with Gasteiger partial charge in [0, 0.05) is 17.8 Å². The van der Waals surface area contributed by atoms with Crippen LogP contribution in [0.4, 0.5) is 0 Å². The molecule has 0 saturated carbocycles. The lowest BCUT2D eigenvalue weighted by molar-refractivity contribution is 0.634. The summed E-state index contributed by atoms with van der Waals surface area (Å²) in [4.78, 5) is 0. The molecular formula is C17H21N3. The Balaban J connectivity index is 2.46. The minimum atomic E-state index is -0.448. The van der Waals surface area contributed by atoms with Crippen molar-refractivity contribution in [3.8, 4) is 17.2 Å². The van der Waals surface area contributed by atoms with Gasteiger partial charge in [-0.05, 0) is 45.7 Å². The first-order valence-electron chi connectivity index (χ1n) is 6.97. The van der Waals surface area contributed by atoms with Crippen LogP contribution < -0.4 is 0 Å². The highest BCUT2D eigenvalue weighted by Crippen LogP contribution is 2.29. The number of benzene rings is 1. The number of nitrogens with zero attached hydrogens (tertiary/aromatic N) is 3. The van der Waals surface area contributed by atoms with Crippen LogP contribution in [-0.2, 0) is 12.0 Å². The molecular weight excluding hydrogens is 246 g/mol. The molecule has 0 radical (unpaired) electrons. The minimum absolute atomic E-state index is 0.448. The van der Waals surface area contributed by atoms with Gasteiger partial charge in [0.1, 0.15) is 0 Å². The van der Waals surface area contributed by atoms with E-state index in [-0.39, 0.29) is 0 Å². The van der Waals surface area contributed by atoms with Gasteiger partial charge in [-0.1, -0.05) is 24.3 Å². The Kier molecular flexibility index (Phi) is 3.67. The van der Waals surface area contributed by atoms with Crippen LogP contribution in [-0.4, -0.2) is 9.78 Å². The summed E-state index contributed by atoms with van der Waals surface area (Å²) in [6.45, 7) is 11.0. The molecule has 20 heavy (non-hydrogen) atoms. The molecule has 2 rings (SSSR count). The first-order valence-corrected chi connectivity index (χ1v) is 6.97. The summed E-state index contributed by atoms with van der Waals surface area (Å²) in [7, 11) is 0. The van der Waals surface area contributed by atoms with Crippen LogP contribution in [0.25, 0.3) is 11.1 Å². The fraction of sp³-hybridized carbons (Fsp3) is 0.412. The third-order valence-electron chi connectivity index (χ3n) is 3.86. The molecule has 0 fully saturated rings. The standard InChI is InChI=1S/C17H21N3/c1-6-20-13(3)16(12(2)19-20)14-7-9-15(10-8-14)17(4,5)11-18/h7-10H,6H2,1-5H3. The molecule has 0 spiro atoms. The topological polar surface area (TPSA) is 41.6 Å². The number of nitriles is 1. The van der Waals surface area contributed by atoms with Gasteiger partial charge in [-0.3, -0.25) is 4.68 Å². The monoisotopic (exact) mass is 267 g/mol. The van der Waals surface area contributed by atoms with E-state index in [1.807, 2.05) is 37.6 Å². The van der Waals surface area contributed by atoms with E-state index in [1.165, 1.54) is 11.3 Å². The third kappa shape index (κ3) is 2.34. The zero-order valence-corrected chi connectivity index (χ0v) is 12.9. The van der Waals surface area contributed by atoms with E-state index in [0.717, 1.165) is 23.4 Å². The van der Waals surface area contributed by atoms with Crippen molar-refractivity contribution in [1.29, 1.82) is 5.26 Å². The Hall–Kier alpha value is -2.08. The number of hydrogen-bond acceptors (Lipinski definition) is 2. The maximum Gasteiger partial charge on any atom is 0.0766 e. The molecule has 0 unspecified atom stereocenters. The molecule has 0 saturated heterocycles. The van der Waals surface area contributed by atoms with Gasteiger partial charge in [0.25, 0.3) is 0 Å². The summed E-state index contributed by atoms with van der Waals surface area (Å²) in [5.41, 5.74) is 5.21. The molecule has 3 nitrogen and oxygen atoms in total. The smallest absolute Gasteiger partial charge is 0.0766 e. The SMILES string of the molecule is CCn1nc(C)c(-c2ccc(C(C)(C)C#N)cc2)c1C. The summed E-state index contributed by atoms with van der Waals surface area (Å²) in [6, 6.07) is 10.6. The van der Waals surface area contributed by atoms with Crippen LogP contribution in [0.3, 0.4) is 0 Å². The largest absolute Gasteiger partial charge is 0.269 e. The van der Waals surface area contributed by atoms with Crippen molar-refractivity contribution in [2.45, 2.75) is 46.6 Å². The van der Waals surface area contributed by atoms with E-state index >= 15 is 0 Å². The van der Waals surface area contributed by atoms with Crippen molar-refractivity contribution >= 4 is 0 Å². The molecule has 0 atom stereocenters. The van der Waals surface area contributed by atoms with E-state index < -0.39 is 5.41 Å². The van der Waals surface area contributed by atoms with Gasteiger partial charge in [0.2, 0.25) is 0 Å². The van der Waals surface area contributed by atoms with Crippen LogP contribution in [0.5, 0.6) is 0 Å². The molecule has 104 valence electrons. The van der Waals surface area contributed by atoms with Gasteiger partial charge in [0.15, 0.2) is 0 Å². The molecule has 3 heteroatoms. The van der Waals surface area contributed by atoms with Crippen LogP contribution in [0.1, 0.15) is 37.7 Å². The maximum atomic E-state index is 9.19. The normalized spacial score (nSPS) is 11.4. The predicted molar refractivity (Wildman–Crippen MR) is 81.5 cm³/mol. The van der Waals surface area contributed by atoms with Gasteiger partial charge in [-0.2, -0.15) is 10.4 Å². The molecule has 0 aliphatic rings. The van der Waals surface area contributed by atoms with Crippen molar-refractivity contribution in [2.75, 3.05) is 0 Å². The number of aryl methyl sites for hydroxylation is 2. The quantitative estimate of drug-likeness (QED) is 0.843. The van der Waals surface area contributed by atoms with Crippen LogP contribution in [0.2, 0.25) is 0 Å². The van der Waals surface area contributed by atoms with Crippen molar-refractivity contribution in [3.05, 3.63) is 41.2 Å². The highest BCUT2D eigenvalue weighted by molar-refractivity contribution is 5.69. The zero-order valence-electron chi connectivity index (χ0n) is 12.9. The summed E-state index contributed by atoms with van der Waals surface area (Å²) in [5.74, 6) is 0. The molecule has 1 aromatic carbocycles. The predicted octanol–water partition coefficient (Wildman–Crippen LogP) is 3.99. The zero-order chi connectivity index (χ0) is 14.9. The van der Waals surface area contributed by atoms with E-state index in [4.69, 9.17) is 0 Å². The number of hydrogen-bond donors (Lipinski definition) is 0. The summed E-state index contributed by atoms with van der Waals surface area (Å²) in [6.07, 6.45) is 0. The van der Waals surface area contributed by atoms with Crippen LogP contribution in [0.15, 0.2) is 24.3 Å². The lowest BCUT2D eigenvalue weighted by atomic mass is 9.85. The second kappa shape index (κ2) is 5.13. The van der Waals surface area contributed by atoms with Crippen molar-refractivity contribution in [1.82, 2.24) is 9.78 Å². The van der Waals surface area contributed by atoms with Gasteiger partial charge < -0.3 is 0 Å². The highest BCUT2D eigenvalue weighted by Gasteiger charge is 2.20. The summed E-state index contributed by atoms with van der Waals surface area (Å²) < 4.78 is 2.03. The average molecular weight is 267 g/mol. The molecule has 1 heterocycles. The highest BCUT2D eigenvalue weighted by atomic mass is 15.3. The van der Waals surface area contributed by atoms with E-state index in [0.29, 0.717) is 0 Å². The summed E-state index contributed by atoms with van der Waals surface area (Å²) in [5, 5.41) is 13.8. The van der Waals surface area contributed by atoms with Gasteiger partial charge in [0.05, 0.1) is 17.2 Å². The third-order valence-corrected chi connectivity index (χ3v) is 3.86. The Morgan fingerprint density at radius 2 is 1.80 bits per heavy atom. The Labute approximate surface area is 120 Å². The molecule has 2 aromatic rings. The number of rotatable bonds is 3.